The third-order valence-electron chi connectivity index (χ3n) is 8.59. The third-order valence-corrected chi connectivity index (χ3v) is 11.3. The summed E-state index contributed by atoms with van der Waals surface area (Å²) in [5.41, 5.74) is 6.61. The molecule has 0 saturated carbocycles. The van der Waals surface area contributed by atoms with Crippen molar-refractivity contribution in [2.75, 3.05) is 0 Å². The van der Waals surface area contributed by atoms with Crippen molar-refractivity contribution in [3.8, 4) is 45.3 Å². The first-order valence-corrected chi connectivity index (χ1v) is 17.3. The molecule has 2 aliphatic carbocycles. The van der Waals surface area contributed by atoms with Crippen LogP contribution in [0.15, 0.2) is 80.4 Å². The first kappa shape index (κ1) is 34.2. The van der Waals surface area contributed by atoms with Crippen molar-refractivity contribution in [1.82, 2.24) is 0 Å². The minimum Gasteiger partial charge on any atom is -0.744 e. The standard InChI is InChI=1S/C32H16Cl2N2O8S2.2Na/c33-26-28-30(43-23-11-18-14(9-21(23)35-28)7-13-3-1-2-4-16(13)18)27(34)29-31(26)44-24-12-19-15(10-22(24)36-29)8-20-17(19)5-6-25(45(37,38)39)32(20)46(40,41)42;;/h1-6,9-12H,7-8H2,(H,37,38,39)(H,40,41,42);;/q;2*+1/p-2. The van der Waals surface area contributed by atoms with E-state index in [2.05, 4.69) is 12.1 Å². The van der Waals surface area contributed by atoms with Crippen molar-refractivity contribution in [1.29, 1.82) is 0 Å². The van der Waals surface area contributed by atoms with Crippen molar-refractivity contribution >= 4 is 54.8 Å². The molecular weight excluding hydrogens is 721 g/mol. The molecule has 0 spiro atoms. The Balaban J connectivity index is 0.00000182. The Labute approximate surface area is 327 Å². The van der Waals surface area contributed by atoms with E-state index in [1.807, 2.05) is 24.3 Å². The molecule has 4 aliphatic rings. The number of halogens is 2. The van der Waals surface area contributed by atoms with Gasteiger partial charge in [-0.05, 0) is 81.3 Å². The van der Waals surface area contributed by atoms with Gasteiger partial charge in [0, 0.05) is 6.42 Å². The molecule has 0 bridgehead atoms. The molecule has 0 atom stereocenters. The summed E-state index contributed by atoms with van der Waals surface area (Å²) in [5, 5.41) is 0.699. The summed E-state index contributed by atoms with van der Waals surface area (Å²) < 4.78 is 84.4. The van der Waals surface area contributed by atoms with E-state index < -0.39 is 30.0 Å². The Morgan fingerprint density at radius 1 is 0.625 bits per heavy atom. The zero-order valence-electron chi connectivity index (χ0n) is 24.9. The fraction of sp³-hybridized carbons (Fsp3) is 0.0625. The molecule has 0 amide bonds. The predicted molar refractivity (Wildman–Crippen MR) is 164 cm³/mol. The Morgan fingerprint density at radius 3 is 1.73 bits per heavy atom. The SMILES string of the molecule is O=S(=O)([O-])c1ccc2c(c1S(=O)(=O)[O-])Cc1cc3c(cc1-2)Oc1c(Cl)c2c(c(Cl)c1=N3)Oc1cc3c(cc1N=2)Cc1ccccc1-3.[Na+].[Na+]. The summed E-state index contributed by atoms with van der Waals surface area (Å²) in [4.78, 5) is 7.36. The number of nitrogens with zero attached hydrogens (tertiary/aromatic N) is 2. The molecule has 0 radical (unpaired) electrons. The van der Waals surface area contributed by atoms with E-state index in [1.165, 1.54) is 11.6 Å². The fourth-order valence-electron chi connectivity index (χ4n) is 6.66. The smallest absolute Gasteiger partial charge is 0.744 e. The number of hydrogen-bond acceptors (Lipinski definition) is 10. The van der Waals surface area contributed by atoms with Crippen LogP contribution in [0.25, 0.3) is 22.3 Å². The molecule has 48 heavy (non-hydrogen) atoms. The van der Waals surface area contributed by atoms with Crippen molar-refractivity contribution in [3.63, 3.8) is 0 Å². The van der Waals surface area contributed by atoms with E-state index in [0.717, 1.165) is 29.2 Å². The average molecular weight is 735 g/mol. The number of benzene rings is 5. The second-order valence-corrected chi connectivity index (χ2v) is 14.6. The van der Waals surface area contributed by atoms with Crippen LogP contribution in [-0.4, -0.2) is 25.9 Å². The summed E-state index contributed by atoms with van der Waals surface area (Å²) in [5.74, 6) is 1.11. The third kappa shape index (κ3) is 5.04. The summed E-state index contributed by atoms with van der Waals surface area (Å²) >= 11 is 13.7. The average Bonchev–Trinajstić information content (AvgIpc) is 3.55. The van der Waals surface area contributed by atoms with Crippen molar-refractivity contribution in [2.24, 2.45) is 9.98 Å². The summed E-state index contributed by atoms with van der Waals surface area (Å²) in [6.07, 6.45) is 0.633. The molecule has 0 saturated heterocycles. The summed E-state index contributed by atoms with van der Waals surface area (Å²) in [6.45, 7) is 0. The molecule has 0 unspecified atom stereocenters. The maximum atomic E-state index is 12.2. The van der Waals surface area contributed by atoms with Crippen molar-refractivity contribution in [3.05, 3.63) is 104 Å². The molecule has 0 N–H and O–H groups in total. The summed E-state index contributed by atoms with van der Waals surface area (Å²) in [6, 6.07) is 17.4. The molecule has 10 nitrogen and oxygen atoms in total. The van der Waals surface area contributed by atoms with Crippen LogP contribution in [0.1, 0.15) is 22.3 Å². The minimum absolute atomic E-state index is 0. The monoisotopic (exact) mass is 734 g/mol. The van der Waals surface area contributed by atoms with E-state index in [-0.39, 0.29) is 115 Å². The Kier molecular flexibility index (Phi) is 8.27. The quantitative estimate of drug-likeness (QED) is 0.178. The minimum atomic E-state index is -5.33. The van der Waals surface area contributed by atoms with Crippen LogP contribution in [0.4, 0.5) is 11.4 Å². The molecule has 5 aromatic carbocycles. The van der Waals surface area contributed by atoms with Crippen LogP contribution in [0.3, 0.4) is 0 Å². The van der Waals surface area contributed by atoms with Gasteiger partial charge in [0.2, 0.25) is 0 Å². The van der Waals surface area contributed by atoms with Crippen LogP contribution in [0, 0.1) is 0 Å². The molecule has 9 rings (SSSR count). The zero-order valence-corrected chi connectivity index (χ0v) is 32.1. The number of fused-ring (bicyclic) bond motifs is 10. The fourth-order valence-corrected chi connectivity index (χ4v) is 9.17. The summed E-state index contributed by atoms with van der Waals surface area (Å²) in [7, 11) is -10.6. The number of ether oxygens (including phenoxy) is 2. The van der Waals surface area contributed by atoms with Gasteiger partial charge in [-0.15, -0.1) is 0 Å². The van der Waals surface area contributed by atoms with Crippen LogP contribution in [0.2, 0.25) is 10.0 Å². The maximum absolute atomic E-state index is 12.2. The zero-order chi connectivity index (χ0) is 31.9. The largest absolute Gasteiger partial charge is 1.00 e. The van der Waals surface area contributed by atoms with E-state index in [0.29, 0.717) is 28.3 Å². The molecule has 228 valence electrons. The van der Waals surface area contributed by atoms with Gasteiger partial charge in [-0.2, -0.15) is 0 Å². The molecule has 16 heteroatoms. The Morgan fingerprint density at radius 2 is 1.17 bits per heavy atom. The Hall–Kier alpha value is -2.30. The second kappa shape index (κ2) is 11.6. The number of hydrogen-bond donors (Lipinski definition) is 0. The van der Waals surface area contributed by atoms with E-state index in [1.54, 1.807) is 12.1 Å². The first-order valence-electron chi connectivity index (χ1n) is 13.7. The van der Waals surface area contributed by atoms with Crippen LogP contribution < -0.4 is 79.3 Å². The molecule has 2 aliphatic heterocycles. The molecule has 0 fully saturated rings. The Bertz CT molecular complexity index is 2690. The van der Waals surface area contributed by atoms with Gasteiger partial charge in [0.15, 0.2) is 23.0 Å². The van der Waals surface area contributed by atoms with Gasteiger partial charge in [0.05, 0.1) is 9.79 Å². The van der Waals surface area contributed by atoms with Gasteiger partial charge in [0.25, 0.3) is 0 Å². The maximum Gasteiger partial charge on any atom is 1.00 e. The van der Waals surface area contributed by atoms with Crippen LogP contribution in [0.5, 0.6) is 23.0 Å². The second-order valence-electron chi connectivity index (χ2n) is 11.2. The predicted octanol–water partition coefficient (Wildman–Crippen LogP) is 0.0660. The molecule has 2 heterocycles. The van der Waals surface area contributed by atoms with E-state index in [9.17, 15) is 25.9 Å². The van der Waals surface area contributed by atoms with Gasteiger partial charge in [-0.1, -0.05) is 53.5 Å². The van der Waals surface area contributed by atoms with Crippen LogP contribution >= 0.6 is 23.2 Å². The molecule has 0 aromatic heterocycles. The van der Waals surface area contributed by atoms with Gasteiger partial charge in [-0.3, -0.25) is 0 Å². The molecular formula is C32H14Cl2N2Na2O8S2. The first-order chi connectivity index (χ1) is 21.9. The van der Waals surface area contributed by atoms with E-state index >= 15 is 0 Å². The van der Waals surface area contributed by atoms with Crippen molar-refractivity contribution in [2.45, 2.75) is 22.6 Å². The van der Waals surface area contributed by atoms with Crippen LogP contribution in [-0.2, 0) is 33.1 Å². The molecule has 5 aromatic rings. The van der Waals surface area contributed by atoms with Gasteiger partial charge in [0.1, 0.15) is 52.4 Å². The van der Waals surface area contributed by atoms with Crippen molar-refractivity contribution < 1.29 is 94.5 Å². The van der Waals surface area contributed by atoms with E-state index in [4.69, 9.17) is 42.7 Å². The van der Waals surface area contributed by atoms with Gasteiger partial charge >= 0.3 is 59.1 Å². The van der Waals surface area contributed by atoms with Gasteiger partial charge in [-0.25, -0.2) is 26.8 Å². The number of rotatable bonds is 2. The topological polar surface area (TPSA) is 158 Å². The van der Waals surface area contributed by atoms with Gasteiger partial charge < -0.3 is 18.6 Å². The normalized spacial score (nSPS) is 13.9.